The maximum absolute atomic E-state index is 12.4. The van der Waals surface area contributed by atoms with Gasteiger partial charge in [0.15, 0.2) is 0 Å². The molecule has 1 aromatic heterocycles. The third kappa shape index (κ3) is 2.24. The molecule has 1 aromatic carbocycles. The number of benzene rings is 1. The smallest absolute Gasteiger partial charge is 0.259 e. The highest BCUT2D eigenvalue weighted by Gasteiger charge is 2.36. The molecule has 1 aliphatic rings. The number of H-pyrrole nitrogens is 1. The molecule has 4 heteroatoms. The van der Waals surface area contributed by atoms with E-state index in [2.05, 4.69) is 42.4 Å². The number of nitrogens with one attached hydrogen (secondary N) is 2. The Bertz CT molecular complexity index is 700. The van der Waals surface area contributed by atoms with Crippen LogP contribution in [0.1, 0.15) is 60.3 Å². The van der Waals surface area contributed by atoms with Crippen molar-refractivity contribution in [3.8, 4) is 0 Å². The summed E-state index contributed by atoms with van der Waals surface area (Å²) in [5.74, 6) is 0.350. The van der Waals surface area contributed by atoms with Crippen molar-refractivity contribution in [1.82, 2.24) is 10.2 Å². The molecular formula is C17H21N3O. The van der Waals surface area contributed by atoms with Crippen LogP contribution in [0, 0.1) is 6.92 Å². The second-order valence-electron chi connectivity index (χ2n) is 6.62. The molecule has 0 unspecified atom stereocenters. The second-order valence-corrected chi connectivity index (χ2v) is 6.62. The number of anilines is 1. The average molecular weight is 283 g/mol. The van der Waals surface area contributed by atoms with Crippen LogP contribution >= 0.6 is 0 Å². The number of amides is 1. The van der Waals surface area contributed by atoms with Crippen LogP contribution in [0.4, 0.5) is 5.69 Å². The number of carbonyl (C=O) groups is 1. The van der Waals surface area contributed by atoms with Crippen LogP contribution < -0.4 is 5.32 Å². The van der Waals surface area contributed by atoms with Crippen LogP contribution in [0.15, 0.2) is 24.4 Å². The molecule has 0 aliphatic heterocycles. The number of fused-ring (bicyclic) bond motifs is 1. The summed E-state index contributed by atoms with van der Waals surface area (Å²) >= 11 is 0. The minimum atomic E-state index is -0.105. The van der Waals surface area contributed by atoms with Gasteiger partial charge in [-0.1, -0.05) is 32.9 Å². The third-order valence-corrected chi connectivity index (χ3v) is 4.47. The van der Waals surface area contributed by atoms with E-state index in [9.17, 15) is 4.79 Å². The van der Waals surface area contributed by atoms with Gasteiger partial charge in [0.2, 0.25) is 0 Å². The van der Waals surface area contributed by atoms with Gasteiger partial charge >= 0.3 is 0 Å². The molecule has 1 aliphatic carbocycles. The van der Waals surface area contributed by atoms with Crippen molar-refractivity contribution in [2.24, 2.45) is 0 Å². The Morgan fingerprint density at radius 1 is 1.43 bits per heavy atom. The van der Waals surface area contributed by atoms with E-state index in [4.69, 9.17) is 0 Å². The predicted molar refractivity (Wildman–Crippen MR) is 83.8 cm³/mol. The molecule has 3 rings (SSSR count). The average Bonchev–Trinajstić information content (AvgIpc) is 2.92. The highest BCUT2D eigenvalue weighted by molar-refractivity contribution is 6.05. The molecule has 1 heterocycles. The Hall–Kier alpha value is -2.10. The zero-order valence-electron chi connectivity index (χ0n) is 12.9. The second kappa shape index (κ2) is 4.72. The monoisotopic (exact) mass is 283 g/mol. The van der Waals surface area contributed by atoms with Gasteiger partial charge in [-0.15, -0.1) is 0 Å². The van der Waals surface area contributed by atoms with Gasteiger partial charge in [-0.05, 0) is 41.9 Å². The van der Waals surface area contributed by atoms with E-state index in [0.29, 0.717) is 11.5 Å². The minimum absolute atomic E-state index is 0.105. The molecule has 0 spiro atoms. The van der Waals surface area contributed by atoms with Gasteiger partial charge in [0.05, 0.1) is 11.8 Å². The van der Waals surface area contributed by atoms with E-state index in [1.165, 1.54) is 11.1 Å². The zero-order valence-corrected chi connectivity index (χ0v) is 12.9. The van der Waals surface area contributed by atoms with E-state index in [0.717, 1.165) is 17.8 Å². The topological polar surface area (TPSA) is 57.8 Å². The Morgan fingerprint density at radius 3 is 2.86 bits per heavy atom. The first-order valence-corrected chi connectivity index (χ1v) is 7.35. The van der Waals surface area contributed by atoms with Crippen LogP contribution in [0.25, 0.3) is 0 Å². The van der Waals surface area contributed by atoms with Crippen molar-refractivity contribution >= 4 is 11.6 Å². The molecule has 0 radical (unpaired) electrons. The normalized spacial score (nSPS) is 19.3. The third-order valence-electron chi connectivity index (χ3n) is 4.47. The van der Waals surface area contributed by atoms with Gasteiger partial charge in [0, 0.05) is 11.4 Å². The van der Waals surface area contributed by atoms with E-state index >= 15 is 0 Å². The standard InChI is InChI=1S/C17H21N3O/c1-10-8-17(3,4)13-6-5-7-14(15(10)13)19-16(21)12-9-18-20-11(12)2/h5-7,9-10H,8H2,1-4H3,(H,18,20)(H,19,21)/t10-/m0/s1. The van der Waals surface area contributed by atoms with Crippen LogP contribution in [-0.4, -0.2) is 16.1 Å². The van der Waals surface area contributed by atoms with Crippen LogP contribution in [0.2, 0.25) is 0 Å². The van der Waals surface area contributed by atoms with Crippen molar-refractivity contribution < 1.29 is 4.79 Å². The molecule has 0 saturated carbocycles. The maximum atomic E-state index is 12.4. The van der Waals surface area contributed by atoms with Crippen molar-refractivity contribution in [2.75, 3.05) is 5.32 Å². The van der Waals surface area contributed by atoms with E-state index in [-0.39, 0.29) is 11.3 Å². The summed E-state index contributed by atoms with van der Waals surface area (Å²) in [5, 5.41) is 9.76. The summed E-state index contributed by atoms with van der Waals surface area (Å²) in [5.41, 5.74) is 5.09. The number of aromatic nitrogens is 2. The van der Waals surface area contributed by atoms with Gasteiger partial charge in [0.25, 0.3) is 5.91 Å². The number of nitrogens with zero attached hydrogens (tertiary/aromatic N) is 1. The molecule has 1 atom stereocenters. The van der Waals surface area contributed by atoms with Gasteiger partial charge in [-0.2, -0.15) is 5.10 Å². The van der Waals surface area contributed by atoms with E-state index < -0.39 is 0 Å². The summed E-state index contributed by atoms with van der Waals surface area (Å²) < 4.78 is 0. The number of carbonyl (C=O) groups excluding carboxylic acids is 1. The fourth-order valence-electron chi connectivity index (χ4n) is 3.54. The molecule has 2 N–H and O–H groups in total. The number of hydrogen-bond acceptors (Lipinski definition) is 2. The molecule has 0 fully saturated rings. The van der Waals surface area contributed by atoms with Gasteiger partial charge in [-0.25, -0.2) is 0 Å². The van der Waals surface area contributed by atoms with Crippen LogP contribution in [0.3, 0.4) is 0 Å². The number of rotatable bonds is 2. The Kier molecular flexibility index (Phi) is 3.12. The molecule has 4 nitrogen and oxygen atoms in total. The zero-order chi connectivity index (χ0) is 15.2. The number of hydrogen-bond donors (Lipinski definition) is 2. The molecule has 0 saturated heterocycles. The first-order valence-electron chi connectivity index (χ1n) is 7.35. The van der Waals surface area contributed by atoms with Crippen LogP contribution in [-0.2, 0) is 5.41 Å². The van der Waals surface area contributed by atoms with Gasteiger partial charge in [-0.3, -0.25) is 9.89 Å². The molecule has 110 valence electrons. The lowest BCUT2D eigenvalue weighted by atomic mass is 9.86. The van der Waals surface area contributed by atoms with E-state index in [1.807, 2.05) is 19.1 Å². The summed E-state index contributed by atoms with van der Waals surface area (Å²) in [6.07, 6.45) is 2.68. The lowest BCUT2D eigenvalue weighted by Gasteiger charge is -2.19. The molecule has 2 aromatic rings. The van der Waals surface area contributed by atoms with E-state index in [1.54, 1.807) is 6.20 Å². The maximum Gasteiger partial charge on any atom is 0.259 e. The lowest BCUT2D eigenvalue weighted by molar-refractivity contribution is 0.102. The summed E-state index contributed by atoms with van der Waals surface area (Å²) in [6.45, 7) is 8.61. The fraction of sp³-hybridized carbons (Fsp3) is 0.412. The summed E-state index contributed by atoms with van der Waals surface area (Å²) in [7, 11) is 0. The van der Waals surface area contributed by atoms with Gasteiger partial charge in [0.1, 0.15) is 0 Å². The quantitative estimate of drug-likeness (QED) is 0.881. The highest BCUT2D eigenvalue weighted by atomic mass is 16.1. The highest BCUT2D eigenvalue weighted by Crippen LogP contribution is 2.48. The Labute approximate surface area is 125 Å². The SMILES string of the molecule is Cc1[nH]ncc1C(=O)Nc1cccc2c1[C@@H](C)CC2(C)C. The Balaban J connectivity index is 1.97. The van der Waals surface area contributed by atoms with Crippen molar-refractivity contribution in [1.29, 1.82) is 0 Å². The molecular weight excluding hydrogens is 262 g/mol. The number of aryl methyl sites for hydroxylation is 1. The number of aromatic amines is 1. The molecule has 1 amide bonds. The predicted octanol–water partition coefficient (Wildman–Crippen LogP) is 3.76. The first-order chi connectivity index (χ1) is 9.90. The van der Waals surface area contributed by atoms with Crippen molar-refractivity contribution in [3.05, 3.63) is 46.8 Å². The summed E-state index contributed by atoms with van der Waals surface area (Å²) in [6, 6.07) is 6.19. The molecule has 0 bridgehead atoms. The molecule has 21 heavy (non-hydrogen) atoms. The minimum Gasteiger partial charge on any atom is -0.322 e. The van der Waals surface area contributed by atoms with Gasteiger partial charge < -0.3 is 5.32 Å². The largest absolute Gasteiger partial charge is 0.322 e. The van der Waals surface area contributed by atoms with Crippen molar-refractivity contribution in [2.45, 2.75) is 45.4 Å². The Morgan fingerprint density at radius 2 is 2.19 bits per heavy atom. The fourth-order valence-corrected chi connectivity index (χ4v) is 3.54. The van der Waals surface area contributed by atoms with Crippen molar-refractivity contribution in [3.63, 3.8) is 0 Å². The summed E-state index contributed by atoms with van der Waals surface area (Å²) in [4.78, 5) is 12.4. The van der Waals surface area contributed by atoms with Crippen LogP contribution in [0.5, 0.6) is 0 Å². The first kappa shape index (κ1) is 13.9. The lowest BCUT2D eigenvalue weighted by Crippen LogP contribution is -2.15.